The molecule has 10 heteroatoms. The highest BCUT2D eigenvalue weighted by molar-refractivity contribution is 6.33. The van der Waals surface area contributed by atoms with Crippen molar-refractivity contribution in [2.75, 3.05) is 37.6 Å². The Morgan fingerprint density at radius 3 is 2.52 bits per heavy atom. The van der Waals surface area contributed by atoms with Crippen molar-refractivity contribution >= 4 is 23.4 Å². The van der Waals surface area contributed by atoms with E-state index in [-0.39, 0.29) is 22.7 Å². The van der Waals surface area contributed by atoms with Crippen LogP contribution >= 0.6 is 11.6 Å². The minimum atomic E-state index is -4.50. The fraction of sp³-hybridized carbons (Fsp3) is 0.368. The summed E-state index contributed by atoms with van der Waals surface area (Å²) >= 11 is 5.98. The molecular weight excluding hydrogens is 412 g/mol. The maximum Gasteiger partial charge on any atom is 0.417 e. The predicted octanol–water partition coefficient (Wildman–Crippen LogP) is 3.97. The van der Waals surface area contributed by atoms with Crippen LogP contribution in [0.15, 0.2) is 36.5 Å². The molecule has 2 heterocycles. The summed E-state index contributed by atoms with van der Waals surface area (Å²) in [7, 11) is 0. The lowest BCUT2D eigenvalue weighted by Crippen LogP contribution is -2.52. The molecule has 0 radical (unpaired) electrons. The molecule has 0 unspecified atom stereocenters. The van der Waals surface area contributed by atoms with Gasteiger partial charge in [-0.05, 0) is 30.2 Å². The van der Waals surface area contributed by atoms with Crippen LogP contribution in [0, 0.1) is 5.82 Å². The van der Waals surface area contributed by atoms with E-state index in [9.17, 15) is 22.4 Å². The summed E-state index contributed by atoms with van der Waals surface area (Å²) in [4.78, 5) is 19.5. The van der Waals surface area contributed by atoms with Gasteiger partial charge in [-0.1, -0.05) is 23.7 Å². The van der Waals surface area contributed by atoms with E-state index in [0.717, 1.165) is 17.8 Å². The van der Waals surface area contributed by atoms with Gasteiger partial charge in [0.1, 0.15) is 11.6 Å². The van der Waals surface area contributed by atoms with Crippen molar-refractivity contribution in [3.63, 3.8) is 0 Å². The van der Waals surface area contributed by atoms with Crippen molar-refractivity contribution in [3.8, 4) is 0 Å². The van der Waals surface area contributed by atoms with Gasteiger partial charge in [0.05, 0.1) is 10.6 Å². The number of halogens is 5. The molecule has 5 nitrogen and oxygen atoms in total. The van der Waals surface area contributed by atoms with Crippen LogP contribution in [0.5, 0.6) is 0 Å². The van der Waals surface area contributed by atoms with Crippen LogP contribution in [-0.4, -0.2) is 48.6 Å². The topological polar surface area (TPSA) is 48.5 Å². The number of nitrogens with one attached hydrogen (secondary N) is 1. The molecule has 0 aliphatic carbocycles. The third kappa shape index (κ3) is 5.50. The number of pyridine rings is 1. The summed E-state index contributed by atoms with van der Waals surface area (Å²) in [5, 5.41) is 2.71. The Bertz CT molecular complexity index is 870. The van der Waals surface area contributed by atoms with Gasteiger partial charge in [0, 0.05) is 38.9 Å². The first kappa shape index (κ1) is 21.2. The van der Waals surface area contributed by atoms with Crippen LogP contribution in [0.25, 0.3) is 0 Å². The summed E-state index contributed by atoms with van der Waals surface area (Å²) in [6.07, 6.45) is -3.24. The van der Waals surface area contributed by atoms with Gasteiger partial charge in [-0.3, -0.25) is 0 Å². The number of nitrogens with zero attached hydrogens (tertiary/aromatic N) is 3. The molecular formula is C19H19ClF4N4O. The second-order valence-electron chi connectivity index (χ2n) is 6.61. The van der Waals surface area contributed by atoms with Crippen LogP contribution in [0.4, 0.5) is 28.2 Å². The number of carbonyl (C=O) groups excluding carboxylic acids is 1. The van der Waals surface area contributed by atoms with Gasteiger partial charge in [-0.2, -0.15) is 13.2 Å². The van der Waals surface area contributed by atoms with Crippen LogP contribution in [0.2, 0.25) is 5.02 Å². The average Bonchev–Trinajstić information content (AvgIpc) is 2.67. The van der Waals surface area contributed by atoms with E-state index in [1.54, 1.807) is 21.9 Å². The van der Waals surface area contributed by atoms with E-state index in [2.05, 4.69) is 10.3 Å². The Labute approximate surface area is 170 Å². The molecule has 0 bridgehead atoms. The molecule has 1 fully saturated rings. The summed E-state index contributed by atoms with van der Waals surface area (Å²) in [5.74, 6) is -0.0497. The molecule has 0 saturated carbocycles. The number of hydrogen-bond acceptors (Lipinski definition) is 3. The lowest BCUT2D eigenvalue weighted by molar-refractivity contribution is -0.137. The molecule has 1 aliphatic rings. The van der Waals surface area contributed by atoms with Crippen molar-refractivity contribution in [1.82, 2.24) is 15.2 Å². The molecule has 156 valence electrons. The monoisotopic (exact) mass is 430 g/mol. The van der Waals surface area contributed by atoms with E-state index in [1.807, 2.05) is 0 Å². The molecule has 29 heavy (non-hydrogen) atoms. The Hall–Kier alpha value is -2.55. The van der Waals surface area contributed by atoms with E-state index in [0.29, 0.717) is 39.1 Å². The number of benzene rings is 1. The smallest absolute Gasteiger partial charge is 0.352 e. The first-order valence-corrected chi connectivity index (χ1v) is 9.37. The molecule has 0 spiro atoms. The number of aromatic nitrogens is 1. The SMILES string of the molecule is O=C(NCCc1cccc(F)c1)N1CCN(c2ncc(C(F)(F)F)cc2Cl)CC1. The number of rotatable bonds is 4. The Morgan fingerprint density at radius 1 is 1.17 bits per heavy atom. The number of hydrogen-bond donors (Lipinski definition) is 1. The normalized spacial score (nSPS) is 14.8. The minimum absolute atomic E-state index is 0.0761. The van der Waals surface area contributed by atoms with Crippen LogP contribution in [0.1, 0.15) is 11.1 Å². The molecule has 1 aromatic heterocycles. The number of alkyl halides is 3. The van der Waals surface area contributed by atoms with E-state index in [1.165, 1.54) is 12.1 Å². The van der Waals surface area contributed by atoms with E-state index < -0.39 is 11.7 Å². The Balaban J connectivity index is 1.49. The fourth-order valence-electron chi connectivity index (χ4n) is 3.06. The first-order valence-electron chi connectivity index (χ1n) is 8.99. The lowest BCUT2D eigenvalue weighted by Gasteiger charge is -2.35. The van der Waals surface area contributed by atoms with Crippen molar-refractivity contribution in [2.24, 2.45) is 0 Å². The number of amides is 2. The molecule has 3 rings (SSSR count). The third-order valence-corrected chi connectivity index (χ3v) is 4.87. The fourth-order valence-corrected chi connectivity index (χ4v) is 3.34. The van der Waals surface area contributed by atoms with E-state index in [4.69, 9.17) is 11.6 Å². The highest BCUT2D eigenvalue weighted by Crippen LogP contribution is 2.33. The van der Waals surface area contributed by atoms with Crippen molar-refractivity contribution in [3.05, 3.63) is 58.5 Å². The summed E-state index contributed by atoms with van der Waals surface area (Å²) < 4.78 is 51.3. The van der Waals surface area contributed by atoms with Gasteiger partial charge in [0.25, 0.3) is 0 Å². The Kier molecular flexibility index (Phi) is 6.46. The summed E-state index contributed by atoms with van der Waals surface area (Å²) in [6, 6.07) is 6.80. The zero-order valence-electron chi connectivity index (χ0n) is 15.3. The quantitative estimate of drug-likeness (QED) is 0.747. The maximum absolute atomic E-state index is 13.2. The number of piperazine rings is 1. The summed E-state index contributed by atoms with van der Waals surface area (Å²) in [6.45, 7) is 1.93. The maximum atomic E-state index is 13.2. The van der Waals surface area contributed by atoms with Crippen LogP contribution in [-0.2, 0) is 12.6 Å². The predicted molar refractivity (Wildman–Crippen MR) is 102 cm³/mol. The van der Waals surface area contributed by atoms with Gasteiger partial charge in [0.15, 0.2) is 0 Å². The van der Waals surface area contributed by atoms with Gasteiger partial charge >= 0.3 is 12.2 Å². The van der Waals surface area contributed by atoms with Crippen molar-refractivity contribution in [2.45, 2.75) is 12.6 Å². The molecule has 0 atom stereocenters. The molecule has 1 aromatic carbocycles. The van der Waals surface area contributed by atoms with Crippen molar-refractivity contribution in [1.29, 1.82) is 0 Å². The highest BCUT2D eigenvalue weighted by atomic mass is 35.5. The number of urea groups is 1. The second kappa shape index (κ2) is 8.86. The Morgan fingerprint density at radius 2 is 1.90 bits per heavy atom. The third-order valence-electron chi connectivity index (χ3n) is 4.59. The van der Waals surface area contributed by atoms with Crippen LogP contribution in [0.3, 0.4) is 0 Å². The molecule has 1 N–H and O–H groups in total. The lowest BCUT2D eigenvalue weighted by atomic mass is 10.1. The number of anilines is 1. The number of carbonyl (C=O) groups is 1. The van der Waals surface area contributed by atoms with Crippen LogP contribution < -0.4 is 10.2 Å². The largest absolute Gasteiger partial charge is 0.417 e. The van der Waals surface area contributed by atoms with Gasteiger partial charge < -0.3 is 15.1 Å². The molecule has 2 aromatic rings. The first-order chi connectivity index (χ1) is 13.7. The highest BCUT2D eigenvalue weighted by Gasteiger charge is 2.32. The molecule has 2 amide bonds. The van der Waals surface area contributed by atoms with Gasteiger partial charge in [-0.25, -0.2) is 14.2 Å². The standard InChI is InChI=1S/C19H19ClF4N4O/c20-16-11-14(19(22,23)24)12-26-17(16)27-6-8-28(9-7-27)18(29)25-5-4-13-2-1-3-15(21)10-13/h1-3,10-12H,4-9H2,(H,25,29). The molecule has 1 saturated heterocycles. The zero-order valence-corrected chi connectivity index (χ0v) is 16.1. The molecule has 1 aliphatic heterocycles. The van der Waals surface area contributed by atoms with Crippen molar-refractivity contribution < 1.29 is 22.4 Å². The van der Waals surface area contributed by atoms with E-state index >= 15 is 0 Å². The average molecular weight is 431 g/mol. The van der Waals surface area contributed by atoms with Gasteiger partial charge in [0.2, 0.25) is 0 Å². The van der Waals surface area contributed by atoms with Gasteiger partial charge in [-0.15, -0.1) is 0 Å². The zero-order chi connectivity index (χ0) is 21.0. The minimum Gasteiger partial charge on any atom is -0.352 e. The second-order valence-corrected chi connectivity index (χ2v) is 7.02. The summed E-state index contributed by atoms with van der Waals surface area (Å²) in [5.41, 5.74) is -0.110.